The summed E-state index contributed by atoms with van der Waals surface area (Å²) in [5.41, 5.74) is 12.3. The van der Waals surface area contributed by atoms with Gasteiger partial charge in [0.2, 0.25) is 0 Å². The van der Waals surface area contributed by atoms with Crippen LogP contribution in [0.5, 0.6) is 0 Å². The summed E-state index contributed by atoms with van der Waals surface area (Å²) >= 11 is 1.86. The third kappa shape index (κ3) is 4.96. The zero-order valence-electron chi connectivity index (χ0n) is 24.2. The third-order valence-electron chi connectivity index (χ3n) is 8.32. The number of aromatic nitrogens is 2. The molecule has 3 nitrogen and oxygen atoms in total. The summed E-state index contributed by atoms with van der Waals surface area (Å²) in [5.74, 6) is 0. The molecule has 0 fully saturated rings. The largest absolute Gasteiger partial charge is 0.265 e. The molecule has 0 saturated carbocycles. The summed E-state index contributed by atoms with van der Waals surface area (Å²) in [5, 5.41) is 2.54. The van der Waals surface area contributed by atoms with Crippen LogP contribution in [0.4, 0.5) is 5.69 Å². The lowest BCUT2D eigenvalue weighted by molar-refractivity contribution is 1.33. The Hall–Kier alpha value is -5.89. The number of pyridine rings is 2. The van der Waals surface area contributed by atoms with Crippen molar-refractivity contribution in [1.29, 1.82) is 0 Å². The second-order valence-corrected chi connectivity index (χ2v) is 12.0. The predicted octanol–water partition coefficient (Wildman–Crippen LogP) is 11.7. The van der Waals surface area contributed by atoms with E-state index in [1.54, 1.807) is 0 Å². The summed E-state index contributed by atoms with van der Waals surface area (Å²) < 4.78 is 2.57. The molecular formula is C41H25N3S. The minimum Gasteiger partial charge on any atom is -0.265 e. The molecule has 0 atom stereocenters. The average molecular weight is 592 g/mol. The van der Waals surface area contributed by atoms with Crippen molar-refractivity contribution in [1.82, 2.24) is 9.97 Å². The maximum absolute atomic E-state index is 7.22. The van der Waals surface area contributed by atoms with Gasteiger partial charge in [-0.3, -0.25) is 9.97 Å². The molecule has 45 heavy (non-hydrogen) atoms. The molecule has 210 valence electrons. The molecule has 8 rings (SSSR count). The first-order valence-electron chi connectivity index (χ1n) is 14.7. The van der Waals surface area contributed by atoms with E-state index >= 15 is 0 Å². The average Bonchev–Trinajstić information content (AvgIpc) is 3.52. The lowest BCUT2D eigenvalue weighted by Gasteiger charge is -2.12. The third-order valence-corrected chi connectivity index (χ3v) is 9.61. The molecule has 0 bridgehead atoms. The Morgan fingerprint density at radius 2 is 0.844 bits per heavy atom. The van der Waals surface area contributed by atoms with Crippen LogP contribution in [-0.2, 0) is 0 Å². The molecule has 0 aliphatic carbocycles. The highest BCUT2D eigenvalue weighted by molar-refractivity contribution is 7.26. The van der Waals surface area contributed by atoms with Crippen molar-refractivity contribution in [2.24, 2.45) is 0 Å². The molecule has 0 N–H and O–H groups in total. The fourth-order valence-electron chi connectivity index (χ4n) is 6.05. The second-order valence-electron chi connectivity index (χ2n) is 11.0. The Kier molecular flexibility index (Phi) is 6.72. The van der Waals surface area contributed by atoms with Gasteiger partial charge < -0.3 is 0 Å². The Balaban J connectivity index is 1.26. The van der Waals surface area contributed by atoms with Crippen LogP contribution in [0, 0.1) is 6.57 Å². The fraction of sp³-hybridized carbons (Fsp3) is 0. The molecule has 3 heterocycles. The van der Waals surface area contributed by atoms with E-state index in [4.69, 9.17) is 6.57 Å². The van der Waals surface area contributed by atoms with E-state index < -0.39 is 0 Å². The molecule has 0 amide bonds. The SMILES string of the molecule is [C-]#[N+]c1ccc(-c2ccc(-c3cccc4c3sc3c(-c5cc(-c6ccncc6)cc(-c6ccncc6)c5)cccc34)cc2)cc1. The van der Waals surface area contributed by atoms with E-state index in [0.717, 1.165) is 33.4 Å². The number of fused-ring (bicyclic) bond motifs is 3. The van der Waals surface area contributed by atoms with Crippen LogP contribution in [0.25, 0.3) is 80.7 Å². The van der Waals surface area contributed by atoms with Crippen molar-refractivity contribution >= 4 is 37.2 Å². The number of thiophene rings is 1. The zero-order chi connectivity index (χ0) is 30.2. The van der Waals surface area contributed by atoms with Gasteiger partial charge >= 0.3 is 0 Å². The number of benzene rings is 5. The first-order chi connectivity index (χ1) is 22.2. The number of hydrogen-bond acceptors (Lipinski definition) is 3. The highest BCUT2D eigenvalue weighted by atomic mass is 32.1. The van der Waals surface area contributed by atoms with Crippen LogP contribution in [0.1, 0.15) is 0 Å². The van der Waals surface area contributed by atoms with Crippen LogP contribution < -0.4 is 0 Å². The molecular weight excluding hydrogens is 567 g/mol. The van der Waals surface area contributed by atoms with Crippen molar-refractivity contribution in [3.05, 3.63) is 164 Å². The van der Waals surface area contributed by atoms with Crippen LogP contribution >= 0.6 is 11.3 Å². The van der Waals surface area contributed by atoms with Crippen LogP contribution in [0.2, 0.25) is 0 Å². The number of hydrogen-bond donors (Lipinski definition) is 0. The second kappa shape index (κ2) is 11.3. The fourth-order valence-corrected chi connectivity index (χ4v) is 7.42. The molecule has 0 aliphatic heterocycles. The van der Waals surface area contributed by atoms with Gasteiger partial charge in [-0.1, -0.05) is 84.9 Å². The Bertz CT molecular complexity index is 2290. The minimum absolute atomic E-state index is 0.656. The van der Waals surface area contributed by atoms with E-state index in [2.05, 4.69) is 118 Å². The Labute approximate surface area is 265 Å². The topological polar surface area (TPSA) is 30.1 Å². The molecule has 8 aromatic rings. The lowest BCUT2D eigenvalue weighted by Crippen LogP contribution is -1.87. The van der Waals surface area contributed by atoms with Crippen LogP contribution in [0.15, 0.2) is 152 Å². The van der Waals surface area contributed by atoms with Gasteiger partial charge in [0.1, 0.15) is 0 Å². The van der Waals surface area contributed by atoms with E-state index in [0.29, 0.717) is 5.69 Å². The van der Waals surface area contributed by atoms with E-state index in [9.17, 15) is 0 Å². The number of nitrogens with zero attached hydrogens (tertiary/aromatic N) is 3. The summed E-state index contributed by atoms with van der Waals surface area (Å²) in [6.07, 6.45) is 7.39. The molecule has 0 aliphatic rings. The summed E-state index contributed by atoms with van der Waals surface area (Å²) in [4.78, 5) is 12.0. The molecule has 0 unspecified atom stereocenters. The van der Waals surface area contributed by atoms with Gasteiger partial charge in [-0.25, -0.2) is 4.85 Å². The van der Waals surface area contributed by atoms with Crippen molar-refractivity contribution in [2.75, 3.05) is 0 Å². The molecule has 0 radical (unpaired) electrons. The molecule has 0 spiro atoms. The summed E-state index contributed by atoms with van der Waals surface area (Å²) in [6, 6.07) is 44.9. The first-order valence-corrected chi connectivity index (χ1v) is 15.6. The molecule has 0 saturated heterocycles. The van der Waals surface area contributed by atoms with E-state index in [1.807, 2.05) is 60.4 Å². The van der Waals surface area contributed by atoms with Crippen molar-refractivity contribution in [2.45, 2.75) is 0 Å². The molecule has 3 aromatic heterocycles. The van der Waals surface area contributed by atoms with Gasteiger partial charge in [0, 0.05) is 45.0 Å². The van der Waals surface area contributed by atoms with Gasteiger partial charge in [0.05, 0.1) is 6.57 Å². The smallest absolute Gasteiger partial charge is 0.187 e. The van der Waals surface area contributed by atoms with Gasteiger partial charge in [0.15, 0.2) is 5.69 Å². The van der Waals surface area contributed by atoms with Gasteiger partial charge in [-0.2, -0.15) is 0 Å². The van der Waals surface area contributed by atoms with Crippen LogP contribution in [0.3, 0.4) is 0 Å². The van der Waals surface area contributed by atoms with Crippen LogP contribution in [-0.4, -0.2) is 9.97 Å². The summed E-state index contributed by atoms with van der Waals surface area (Å²) in [6.45, 7) is 7.22. The predicted molar refractivity (Wildman–Crippen MR) is 188 cm³/mol. The quantitative estimate of drug-likeness (QED) is 0.186. The Morgan fingerprint density at radius 1 is 0.422 bits per heavy atom. The van der Waals surface area contributed by atoms with Gasteiger partial charge in [-0.05, 0) is 98.1 Å². The van der Waals surface area contributed by atoms with Gasteiger partial charge in [0.25, 0.3) is 0 Å². The maximum atomic E-state index is 7.22. The first kappa shape index (κ1) is 26.7. The monoisotopic (exact) mass is 591 g/mol. The Morgan fingerprint density at radius 3 is 1.36 bits per heavy atom. The lowest BCUT2D eigenvalue weighted by atomic mass is 9.93. The van der Waals surface area contributed by atoms with Crippen molar-refractivity contribution < 1.29 is 0 Å². The van der Waals surface area contributed by atoms with E-state index in [1.165, 1.54) is 42.4 Å². The standard InChI is InChI=1S/C41H25N3S/c1-42-35-14-12-28(13-15-35)27-8-10-31(11-9-27)36-4-2-6-38-39-7-3-5-37(41(39)45-40(36)38)34-25-32(29-16-20-43-21-17-29)24-33(26-34)30-18-22-44-23-19-30/h2-26H. The highest BCUT2D eigenvalue weighted by Gasteiger charge is 2.15. The summed E-state index contributed by atoms with van der Waals surface area (Å²) in [7, 11) is 0. The van der Waals surface area contributed by atoms with E-state index in [-0.39, 0.29) is 0 Å². The van der Waals surface area contributed by atoms with Crippen molar-refractivity contribution in [3.8, 4) is 55.6 Å². The number of rotatable bonds is 5. The zero-order valence-corrected chi connectivity index (χ0v) is 25.0. The normalized spacial score (nSPS) is 11.1. The maximum Gasteiger partial charge on any atom is 0.187 e. The highest BCUT2D eigenvalue weighted by Crippen LogP contribution is 2.45. The molecule has 5 aromatic carbocycles. The van der Waals surface area contributed by atoms with Crippen molar-refractivity contribution in [3.63, 3.8) is 0 Å². The molecule has 4 heteroatoms. The minimum atomic E-state index is 0.656. The van der Waals surface area contributed by atoms with Gasteiger partial charge in [-0.15, -0.1) is 11.3 Å².